The highest BCUT2D eigenvalue weighted by Crippen LogP contribution is 2.29. The van der Waals surface area contributed by atoms with E-state index in [0.29, 0.717) is 22.0 Å². The van der Waals surface area contributed by atoms with Gasteiger partial charge in [-0.05, 0) is 37.6 Å². The summed E-state index contributed by atoms with van der Waals surface area (Å²) in [5.74, 6) is 0. The number of nitrogens with zero attached hydrogens (tertiary/aromatic N) is 2. The van der Waals surface area contributed by atoms with Crippen LogP contribution in [-0.4, -0.2) is 18.6 Å². The molecule has 1 aromatic heterocycles. The van der Waals surface area contributed by atoms with Gasteiger partial charge in [0.2, 0.25) is 0 Å². The van der Waals surface area contributed by atoms with Crippen LogP contribution in [0.1, 0.15) is 11.3 Å². The molecule has 0 spiro atoms. The van der Waals surface area contributed by atoms with E-state index in [1.165, 1.54) is 24.4 Å². The molecule has 0 saturated heterocycles. The number of hydrogen-bond acceptors (Lipinski definition) is 4. The maximum atomic E-state index is 12.4. The van der Waals surface area contributed by atoms with Crippen molar-refractivity contribution in [2.45, 2.75) is 18.7 Å². The highest BCUT2D eigenvalue weighted by molar-refractivity contribution is 7.92. The molecule has 0 amide bonds. The van der Waals surface area contributed by atoms with E-state index in [9.17, 15) is 8.42 Å². The van der Waals surface area contributed by atoms with Gasteiger partial charge in [-0.2, -0.15) is 10.2 Å². The molecule has 0 aliphatic rings. The predicted octanol–water partition coefficient (Wildman–Crippen LogP) is 3.20. The van der Waals surface area contributed by atoms with Crippen molar-refractivity contribution in [3.8, 4) is 0 Å². The standard InChI is InChI=1S/C12H11Cl2N3O2S/c1-7-5-12(10(14)6-9(7)13)20(18,19)17-11-3-4-15-16-8(11)2/h3-6H,1-2H3,(H,15,17). The van der Waals surface area contributed by atoms with E-state index in [1.807, 2.05) is 0 Å². The summed E-state index contributed by atoms with van der Waals surface area (Å²) < 4.78 is 27.1. The van der Waals surface area contributed by atoms with Gasteiger partial charge in [0, 0.05) is 5.02 Å². The Labute approximate surface area is 127 Å². The second-order valence-electron chi connectivity index (χ2n) is 4.17. The van der Waals surface area contributed by atoms with Crippen molar-refractivity contribution in [1.82, 2.24) is 10.2 Å². The number of aromatic nitrogens is 2. The highest BCUT2D eigenvalue weighted by atomic mass is 35.5. The molecule has 0 atom stereocenters. The summed E-state index contributed by atoms with van der Waals surface area (Å²) in [5.41, 5.74) is 1.45. The van der Waals surface area contributed by atoms with Crippen molar-refractivity contribution in [3.05, 3.63) is 45.7 Å². The first-order valence-electron chi connectivity index (χ1n) is 5.58. The zero-order valence-corrected chi connectivity index (χ0v) is 13.0. The van der Waals surface area contributed by atoms with Gasteiger partial charge in [-0.15, -0.1) is 0 Å². The molecule has 0 saturated carbocycles. The number of benzene rings is 1. The molecule has 2 aromatic rings. The summed E-state index contributed by atoms with van der Waals surface area (Å²) in [4.78, 5) is -0.0303. The van der Waals surface area contributed by atoms with Crippen LogP contribution >= 0.6 is 23.2 Å². The Morgan fingerprint density at radius 1 is 1.15 bits per heavy atom. The summed E-state index contributed by atoms with van der Waals surface area (Å²) in [5, 5.41) is 7.92. The number of hydrogen-bond donors (Lipinski definition) is 1. The monoisotopic (exact) mass is 331 g/mol. The van der Waals surface area contributed by atoms with E-state index in [-0.39, 0.29) is 9.92 Å². The van der Waals surface area contributed by atoms with Crippen LogP contribution in [0.4, 0.5) is 5.69 Å². The van der Waals surface area contributed by atoms with Gasteiger partial charge in [-0.3, -0.25) is 4.72 Å². The minimum atomic E-state index is -3.81. The highest BCUT2D eigenvalue weighted by Gasteiger charge is 2.20. The fourth-order valence-corrected chi connectivity index (χ4v) is 3.50. The van der Waals surface area contributed by atoms with Gasteiger partial charge in [0.15, 0.2) is 0 Å². The molecule has 5 nitrogen and oxygen atoms in total. The quantitative estimate of drug-likeness (QED) is 0.937. The Balaban J connectivity index is 2.47. The summed E-state index contributed by atoms with van der Waals surface area (Å²) >= 11 is 11.9. The minimum Gasteiger partial charge on any atom is -0.278 e. The first-order valence-corrected chi connectivity index (χ1v) is 7.82. The van der Waals surface area contributed by atoms with E-state index < -0.39 is 10.0 Å². The van der Waals surface area contributed by atoms with Crippen LogP contribution in [0.2, 0.25) is 10.0 Å². The van der Waals surface area contributed by atoms with Gasteiger partial charge in [-0.25, -0.2) is 8.42 Å². The molecular weight excluding hydrogens is 321 g/mol. The maximum Gasteiger partial charge on any atom is 0.263 e. The average Bonchev–Trinajstić information content (AvgIpc) is 2.36. The summed E-state index contributed by atoms with van der Waals surface area (Å²) in [6.45, 7) is 3.36. The van der Waals surface area contributed by atoms with Gasteiger partial charge < -0.3 is 0 Å². The van der Waals surface area contributed by atoms with Gasteiger partial charge >= 0.3 is 0 Å². The van der Waals surface area contributed by atoms with Crippen LogP contribution < -0.4 is 4.72 Å². The molecule has 0 aliphatic heterocycles. The van der Waals surface area contributed by atoms with Crippen LogP contribution in [0, 0.1) is 13.8 Å². The zero-order chi connectivity index (χ0) is 14.9. The average molecular weight is 332 g/mol. The number of nitrogens with one attached hydrogen (secondary N) is 1. The SMILES string of the molecule is Cc1cc(S(=O)(=O)Nc2ccnnc2C)c(Cl)cc1Cl. The smallest absolute Gasteiger partial charge is 0.263 e. The van der Waals surface area contributed by atoms with Crippen LogP contribution in [0.3, 0.4) is 0 Å². The Morgan fingerprint density at radius 2 is 1.85 bits per heavy atom. The lowest BCUT2D eigenvalue weighted by molar-refractivity contribution is 0.601. The molecule has 0 unspecified atom stereocenters. The molecule has 2 rings (SSSR count). The van der Waals surface area contributed by atoms with Crippen LogP contribution in [0.25, 0.3) is 0 Å². The Morgan fingerprint density at radius 3 is 2.50 bits per heavy atom. The molecule has 8 heteroatoms. The first-order chi connectivity index (χ1) is 9.31. The molecule has 106 valence electrons. The van der Waals surface area contributed by atoms with Crippen LogP contribution in [0.5, 0.6) is 0 Å². The van der Waals surface area contributed by atoms with Crippen molar-refractivity contribution in [3.63, 3.8) is 0 Å². The number of sulfonamides is 1. The summed E-state index contributed by atoms with van der Waals surface area (Å²) in [6.07, 6.45) is 1.40. The number of halogens is 2. The van der Waals surface area contributed by atoms with E-state index in [4.69, 9.17) is 23.2 Å². The largest absolute Gasteiger partial charge is 0.278 e. The van der Waals surface area contributed by atoms with Crippen molar-refractivity contribution in [2.75, 3.05) is 4.72 Å². The Kier molecular flexibility index (Phi) is 4.17. The topological polar surface area (TPSA) is 72.0 Å². The molecule has 0 fully saturated rings. The number of anilines is 1. The molecule has 1 N–H and O–H groups in total. The molecule has 1 heterocycles. The molecule has 0 bridgehead atoms. The van der Waals surface area contributed by atoms with E-state index in [2.05, 4.69) is 14.9 Å². The van der Waals surface area contributed by atoms with Gasteiger partial charge in [0.05, 0.1) is 22.6 Å². The maximum absolute atomic E-state index is 12.4. The van der Waals surface area contributed by atoms with Crippen LogP contribution in [-0.2, 0) is 10.0 Å². The van der Waals surface area contributed by atoms with Gasteiger partial charge in [0.1, 0.15) is 4.90 Å². The third kappa shape index (κ3) is 3.03. The fraction of sp³-hybridized carbons (Fsp3) is 0.167. The number of aryl methyl sites for hydroxylation is 2. The third-order valence-electron chi connectivity index (χ3n) is 2.65. The number of rotatable bonds is 3. The normalized spacial score (nSPS) is 11.4. The van der Waals surface area contributed by atoms with Gasteiger partial charge in [-0.1, -0.05) is 23.2 Å². The second kappa shape index (κ2) is 5.55. The van der Waals surface area contributed by atoms with Crippen molar-refractivity contribution < 1.29 is 8.42 Å². The predicted molar refractivity (Wildman–Crippen MR) is 78.8 cm³/mol. The molecule has 0 aliphatic carbocycles. The second-order valence-corrected chi connectivity index (χ2v) is 6.63. The summed E-state index contributed by atoms with van der Waals surface area (Å²) in [6, 6.07) is 4.36. The van der Waals surface area contributed by atoms with Crippen molar-refractivity contribution in [1.29, 1.82) is 0 Å². The molecule has 0 radical (unpaired) electrons. The lowest BCUT2D eigenvalue weighted by Crippen LogP contribution is -2.15. The lowest BCUT2D eigenvalue weighted by atomic mass is 10.2. The molecule has 1 aromatic carbocycles. The van der Waals surface area contributed by atoms with Crippen molar-refractivity contribution >= 4 is 38.9 Å². The third-order valence-corrected chi connectivity index (χ3v) is 4.89. The van der Waals surface area contributed by atoms with E-state index in [0.717, 1.165) is 0 Å². The minimum absolute atomic E-state index is 0.0303. The Bertz CT molecular complexity index is 763. The van der Waals surface area contributed by atoms with Gasteiger partial charge in [0.25, 0.3) is 10.0 Å². The van der Waals surface area contributed by atoms with Crippen LogP contribution in [0.15, 0.2) is 29.3 Å². The lowest BCUT2D eigenvalue weighted by Gasteiger charge is -2.11. The Hall–Kier alpha value is -1.37. The first kappa shape index (κ1) is 15.0. The summed E-state index contributed by atoms with van der Waals surface area (Å²) in [7, 11) is -3.81. The van der Waals surface area contributed by atoms with E-state index in [1.54, 1.807) is 13.8 Å². The molecule has 20 heavy (non-hydrogen) atoms. The van der Waals surface area contributed by atoms with Crippen molar-refractivity contribution in [2.24, 2.45) is 0 Å². The zero-order valence-electron chi connectivity index (χ0n) is 10.7. The fourth-order valence-electron chi connectivity index (χ4n) is 1.55. The van der Waals surface area contributed by atoms with E-state index >= 15 is 0 Å². The molecular formula is C12H11Cl2N3O2S.